The number of allylic oxidation sites excluding steroid dienone is 1. The van der Waals surface area contributed by atoms with Gasteiger partial charge in [-0.25, -0.2) is 4.79 Å². The van der Waals surface area contributed by atoms with Crippen molar-refractivity contribution in [3.63, 3.8) is 0 Å². The van der Waals surface area contributed by atoms with E-state index in [0.29, 0.717) is 28.7 Å². The fourth-order valence-electron chi connectivity index (χ4n) is 7.24. The van der Waals surface area contributed by atoms with Gasteiger partial charge < -0.3 is 24.4 Å². The fourth-order valence-corrected chi connectivity index (χ4v) is 7.24. The summed E-state index contributed by atoms with van der Waals surface area (Å²) in [7, 11) is 0. The summed E-state index contributed by atoms with van der Waals surface area (Å²) in [4.78, 5) is 12.5. The van der Waals surface area contributed by atoms with Crippen LogP contribution in [-0.2, 0) is 19.0 Å². The molecule has 6 nitrogen and oxygen atoms in total. The Morgan fingerprint density at radius 3 is 2.41 bits per heavy atom. The highest BCUT2D eigenvalue weighted by molar-refractivity contribution is 5.87. The summed E-state index contributed by atoms with van der Waals surface area (Å²) in [6.07, 6.45) is 1.01. The molecule has 1 heterocycles. The molecular weight excluding hydrogens is 408 g/mol. The van der Waals surface area contributed by atoms with Gasteiger partial charge in [-0.3, -0.25) is 0 Å². The van der Waals surface area contributed by atoms with Gasteiger partial charge in [0.15, 0.2) is 12.4 Å². The van der Waals surface area contributed by atoms with Crippen LogP contribution in [0.2, 0.25) is 0 Å². The highest BCUT2D eigenvalue weighted by Gasteiger charge is 2.67. The average Bonchev–Trinajstić information content (AvgIpc) is 3.11. The second-order valence-corrected chi connectivity index (χ2v) is 11.7. The zero-order valence-corrected chi connectivity index (χ0v) is 20.7. The third-order valence-corrected chi connectivity index (χ3v) is 9.51. The molecule has 0 spiro atoms. The van der Waals surface area contributed by atoms with E-state index in [2.05, 4.69) is 27.7 Å². The molecule has 3 saturated carbocycles. The predicted molar refractivity (Wildman–Crippen MR) is 121 cm³/mol. The van der Waals surface area contributed by atoms with Crippen LogP contribution in [0.3, 0.4) is 0 Å². The van der Waals surface area contributed by atoms with Gasteiger partial charge in [-0.2, -0.15) is 0 Å². The summed E-state index contributed by atoms with van der Waals surface area (Å²) in [6, 6.07) is 0. The van der Waals surface area contributed by atoms with E-state index in [1.807, 2.05) is 0 Å². The first-order chi connectivity index (χ1) is 14.9. The number of hydrogen-bond acceptors (Lipinski definition) is 6. The molecular formula is C26H42O6. The zero-order valence-electron chi connectivity index (χ0n) is 20.7. The number of rotatable bonds is 4. The number of aliphatic hydroxyl groups is 2. The lowest BCUT2D eigenvalue weighted by Crippen LogP contribution is -2.61. The first kappa shape index (κ1) is 24.2. The van der Waals surface area contributed by atoms with Crippen LogP contribution in [0.15, 0.2) is 11.6 Å². The van der Waals surface area contributed by atoms with Crippen LogP contribution in [0.25, 0.3) is 0 Å². The van der Waals surface area contributed by atoms with Crippen molar-refractivity contribution in [2.24, 2.45) is 35.0 Å². The molecule has 4 aliphatic rings. The largest absolute Gasteiger partial charge is 0.451 e. The van der Waals surface area contributed by atoms with Crippen molar-refractivity contribution in [1.29, 1.82) is 0 Å². The normalized spacial score (nSPS) is 50.2. The molecule has 2 N–H and O–H groups in total. The first-order valence-electron chi connectivity index (χ1n) is 12.5. The van der Waals surface area contributed by atoms with Crippen LogP contribution in [0.5, 0.6) is 0 Å². The Morgan fingerprint density at radius 1 is 1.06 bits per heavy atom. The van der Waals surface area contributed by atoms with Crippen LogP contribution in [-0.4, -0.2) is 52.5 Å². The zero-order chi connectivity index (χ0) is 23.6. The molecule has 32 heavy (non-hydrogen) atoms. The Hall–Kier alpha value is -0.950. The SMILES string of the molecule is C/C=C(/C)C(=O)O[C@@H]1[C@@H](O[C@]2(C)CC[C@@H]3[C@H]([C@H]4[C@@H](C)CC[C@@H]42)C3(C)C)O[C@@H](C)[C@@H](O)[C@H]1O. The second-order valence-electron chi connectivity index (χ2n) is 11.7. The molecule has 0 radical (unpaired) electrons. The van der Waals surface area contributed by atoms with E-state index in [1.54, 1.807) is 26.8 Å². The summed E-state index contributed by atoms with van der Waals surface area (Å²) in [6.45, 7) is 14.5. The van der Waals surface area contributed by atoms with Crippen molar-refractivity contribution in [3.05, 3.63) is 11.6 Å². The minimum absolute atomic E-state index is 0.404. The van der Waals surface area contributed by atoms with Crippen LogP contribution in [0.1, 0.15) is 74.1 Å². The van der Waals surface area contributed by atoms with Crippen molar-refractivity contribution in [2.75, 3.05) is 0 Å². The van der Waals surface area contributed by atoms with Crippen LogP contribution in [0.4, 0.5) is 0 Å². The molecule has 182 valence electrons. The standard InChI is InChI=1S/C26H42O6/c1-8-13(2)23(29)31-22-21(28)20(27)15(4)30-24(22)32-26(7)12-11-17-19(25(17,5)6)18-14(3)9-10-16(18)26/h8,14-22,24,27-28H,9-12H2,1-7H3/b13-8-/t14-,15-,16-,17+,18-,19+,20+,21+,22-,24+,26+/m0/s1. The molecule has 1 aliphatic heterocycles. The van der Waals surface area contributed by atoms with Gasteiger partial charge in [0.05, 0.1) is 11.7 Å². The molecule has 0 aromatic heterocycles. The Labute approximate surface area is 192 Å². The Kier molecular flexibility index (Phi) is 6.32. The van der Waals surface area contributed by atoms with E-state index in [1.165, 1.54) is 6.42 Å². The fraction of sp³-hybridized carbons (Fsp3) is 0.885. The number of fused-ring (bicyclic) bond motifs is 3. The van der Waals surface area contributed by atoms with Crippen molar-refractivity contribution in [3.8, 4) is 0 Å². The molecule has 4 rings (SSSR count). The first-order valence-corrected chi connectivity index (χ1v) is 12.5. The predicted octanol–water partition coefficient (Wildman–Crippen LogP) is 3.83. The number of aliphatic hydroxyl groups excluding tert-OH is 2. The number of carbonyl (C=O) groups is 1. The van der Waals surface area contributed by atoms with Gasteiger partial charge >= 0.3 is 5.97 Å². The number of ether oxygens (including phenoxy) is 3. The van der Waals surface area contributed by atoms with E-state index in [4.69, 9.17) is 14.2 Å². The van der Waals surface area contributed by atoms with Crippen LogP contribution in [0, 0.1) is 35.0 Å². The molecule has 6 heteroatoms. The maximum atomic E-state index is 12.5. The van der Waals surface area contributed by atoms with Gasteiger partial charge in [0.2, 0.25) is 0 Å². The molecule has 1 saturated heterocycles. The van der Waals surface area contributed by atoms with Crippen molar-refractivity contribution in [1.82, 2.24) is 0 Å². The average molecular weight is 451 g/mol. The minimum atomic E-state index is -1.27. The summed E-state index contributed by atoms with van der Waals surface area (Å²) in [5, 5.41) is 21.2. The lowest BCUT2D eigenvalue weighted by Gasteiger charge is -2.47. The van der Waals surface area contributed by atoms with Gasteiger partial charge in [0.25, 0.3) is 0 Å². The smallest absolute Gasteiger partial charge is 0.333 e. The molecule has 0 bridgehead atoms. The van der Waals surface area contributed by atoms with E-state index >= 15 is 0 Å². The third kappa shape index (κ3) is 3.85. The van der Waals surface area contributed by atoms with Gasteiger partial charge in [0, 0.05) is 5.57 Å². The van der Waals surface area contributed by atoms with E-state index in [-0.39, 0.29) is 0 Å². The lowest BCUT2D eigenvalue weighted by molar-refractivity contribution is -0.328. The summed E-state index contributed by atoms with van der Waals surface area (Å²) in [5.74, 6) is 2.62. The summed E-state index contributed by atoms with van der Waals surface area (Å²) >= 11 is 0. The van der Waals surface area contributed by atoms with Crippen LogP contribution < -0.4 is 0 Å². The third-order valence-electron chi connectivity index (χ3n) is 9.51. The molecule has 4 fully saturated rings. The molecule has 11 atom stereocenters. The molecule has 0 aromatic rings. The topological polar surface area (TPSA) is 85.2 Å². The molecule has 3 aliphatic carbocycles. The lowest BCUT2D eigenvalue weighted by atomic mass is 9.74. The minimum Gasteiger partial charge on any atom is -0.451 e. The van der Waals surface area contributed by atoms with Gasteiger partial charge in [-0.05, 0) is 82.0 Å². The monoisotopic (exact) mass is 450 g/mol. The highest BCUT2D eigenvalue weighted by Crippen LogP contribution is 2.71. The van der Waals surface area contributed by atoms with Gasteiger partial charge in [-0.1, -0.05) is 33.3 Å². The van der Waals surface area contributed by atoms with Gasteiger partial charge in [-0.15, -0.1) is 0 Å². The van der Waals surface area contributed by atoms with Gasteiger partial charge in [0.1, 0.15) is 12.2 Å². The van der Waals surface area contributed by atoms with Crippen LogP contribution >= 0.6 is 0 Å². The Morgan fingerprint density at radius 2 is 1.75 bits per heavy atom. The van der Waals surface area contributed by atoms with E-state index in [9.17, 15) is 15.0 Å². The molecule has 0 amide bonds. The van der Waals surface area contributed by atoms with Crippen molar-refractivity contribution < 1.29 is 29.2 Å². The van der Waals surface area contributed by atoms with E-state index < -0.39 is 42.3 Å². The maximum absolute atomic E-state index is 12.5. The molecule has 0 unspecified atom stereocenters. The second kappa shape index (κ2) is 8.37. The van der Waals surface area contributed by atoms with Crippen molar-refractivity contribution >= 4 is 5.97 Å². The van der Waals surface area contributed by atoms with E-state index in [0.717, 1.165) is 31.1 Å². The summed E-state index contributed by atoms with van der Waals surface area (Å²) < 4.78 is 18.4. The Bertz CT molecular complexity index is 761. The highest BCUT2D eigenvalue weighted by atomic mass is 16.7. The quantitative estimate of drug-likeness (QED) is 0.500. The van der Waals surface area contributed by atoms with Crippen molar-refractivity contribution in [2.45, 2.75) is 110 Å². The Balaban J connectivity index is 1.59. The maximum Gasteiger partial charge on any atom is 0.333 e. The summed E-state index contributed by atoms with van der Waals surface area (Å²) in [5.41, 5.74) is 0.420. The number of hydrogen-bond donors (Lipinski definition) is 2. The number of carbonyl (C=O) groups excluding carboxylic acids is 1. The number of esters is 1. The molecule has 0 aromatic carbocycles.